The maximum Gasteiger partial charge on any atom is 0.274 e. The molecule has 4 nitrogen and oxygen atoms in total. The Bertz CT molecular complexity index is 330. The first-order chi connectivity index (χ1) is 7.49. The van der Waals surface area contributed by atoms with Crippen molar-refractivity contribution in [3.05, 3.63) is 35.9 Å². The molecular formula is C12H17NO3. The molecule has 4 heteroatoms. The number of aliphatic hydroxyl groups is 1. The van der Waals surface area contributed by atoms with Crippen LogP contribution in [-0.2, 0) is 4.84 Å². The van der Waals surface area contributed by atoms with Crippen molar-refractivity contribution in [2.75, 3.05) is 6.61 Å². The van der Waals surface area contributed by atoms with Gasteiger partial charge in [-0.2, -0.15) is 0 Å². The van der Waals surface area contributed by atoms with Gasteiger partial charge in [0.1, 0.15) is 0 Å². The number of hydrogen-bond acceptors (Lipinski definition) is 3. The van der Waals surface area contributed by atoms with Crippen molar-refractivity contribution in [3.63, 3.8) is 0 Å². The third-order valence-corrected chi connectivity index (χ3v) is 2.02. The summed E-state index contributed by atoms with van der Waals surface area (Å²) in [5, 5.41) is 9.41. The van der Waals surface area contributed by atoms with Gasteiger partial charge in [-0.25, -0.2) is 5.48 Å². The monoisotopic (exact) mass is 223 g/mol. The fourth-order valence-corrected chi connectivity index (χ4v) is 1.07. The minimum Gasteiger partial charge on any atom is -0.390 e. The van der Waals surface area contributed by atoms with E-state index in [1.165, 1.54) is 0 Å². The summed E-state index contributed by atoms with van der Waals surface area (Å²) >= 11 is 0. The fraction of sp³-hybridized carbons (Fsp3) is 0.417. The quantitative estimate of drug-likeness (QED) is 0.587. The van der Waals surface area contributed by atoms with E-state index in [0.717, 1.165) is 0 Å². The zero-order valence-electron chi connectivity index (χ0n) is 9.56. The molecule has 0 atom stereocenters. The molecule has 1 amide bonds. The van der Waals surface area contributed by atoms with Crippen LogP contribution in [0.3, 0.4) is 0 Å². The molecule has 0 heterocycles. The highest BCUT2D eigenvalue weighted by Gasteiger charge is 2.12. The van der Waals surface area contributed by atoms with Crippen LogP contribution in [-0.4, -0.2) is 23.2 Å². The summed E-state index contributed by atoms with van der Waals surface area (Å²) in [6, 6.07) is 8.81. The van der Waals surface area contributed by atoms with Crippen LogP contribution in [0.5, 0.6) is 0 Å². The Morgan fingerprint density at radius 2 is 2.00 bits per heavy atom. The molecule has 0 spiro atoms. The van der Waals surface area contributed by atoms with E-state index in [1.54, 1.807) is 38.1 Å². The molecule has 0 radical (unpaired) electrons. The smallest absolute Gasteiger partial charge is 0.274 e. The lowest BCUT2D eigenvalue weighted by Gasteiger charge is -2.16. The maximum absolute atomic E-state index is 11.5. The molecule has 88 valence electrons. The van der Waals surface area contributed by atoms with E-state index in [9.17, 15) is 9.90 Å². The second kappa shape index (κ2) is 5.63. The van der Waals surface area contributed by atoms with Gasteiger partial charge >= 0.3 is 0 Å². The topological polar surface area (TPSA) is 58.6 Å². The Morgan fingerprint density at radius 3 is 2.56 bits per heavy atom. The van der Waals surface area contributed by atoms with Crippen molar-refractivity contribution in [1.29, 1.82) is 0 Å². The molecule has 0 aromatic heterocycles. The van der Waals surface area contributed by atoms with E-state index in [1.807, 2.05) is 6.07 Å². The second-order valence-corrected chi connectivity index (χ2v) is 4.21. The van der Waals surface area contributed by atoms with Crippen LogP contribution in [0.2, 0.25) is 0 Å². The van der Waals surface area contributed by atoms with Gasteiger partial charge in [-0.05, 0) is 26.0 Å². The number of nitrogens with one attached hydrogen (secondary N) is 1. The number of amides is 1. The number of benzene rings is 1. The van der Waals surface area contributed by atoms with Gasteiger partial charge in [-0.1, -0.05) is 18.2 Å². The lowest BCUT2D eigenvalue weighted by atomic mass is 10.1. The van der Waals surface area contributed by atoms with Crippen molar-refractivity contribution in [1.82, 2.24) is 5.48 Å². The largest absolute Gasteiger partial charge is 0.390 e. The first-order valence-electron chi connectivity index (χ1n) is 5.18. The van der Waals surface area contributed by atoms with Crippen LogP contribution in [0.1, 0.15) is 30.6 Å². The molecule has 0 aliphatic heterocycles. The lowest BCUT2D eigenvalue weighted by molar-refractivity contribution is -0.00572. The van der Waals surface area contributed by atoms with Crippen LogP contribution in [0.15, 0.2) is 30.3 Å². The van der Waals surface area contributed by atoms with Crippen LogP contribution in [0, 0.1) is 0 Å². The Morgan fingerprint density at radius 1 is 1.38 bits per heavy atom. The van der Waals surface area contributed by atoms with Gasteiger partial charge in [-0.15, -0.1) is 0 Å². The standard InChI is InChI=1S/C12H17NO3/c1-12(2,15)8-9-16-13-11(14)10-6-4-3-5-7-10/h3-7,15H,8-9H2,1-2H3,(H,13,14). The number of hydroxylamine groups is 1. The summed E-state index contributed by atoms with van der Waals surface area (Å²) in [4.78, 5) is 16.4. The zero-order chi connectivity index (χ0) is 12.0. The summed E-state index contributed by atoms with van der Waals surface area (Å²) in [7, 11) is 0. The van der Waals surface area contributed by atoms with Gasteiger partial charge in [0.25, 0.3) is 5.91 Å². The van der Waals surface area contributed by atoms with E-state index >= 15 is 0 Å². The lowest BCUT2D eigenvalue weighted by Crippen LogP contribution is -2.28. The molecule has 1 aromatic carbocycles. The van der Waals surface area contributed by atoms with Crippen molar-refractivity contribution in [2.24, 2.45) is 0 Å². The van der Waals surface area contributed by atoms with Crippen molar-refractivity contribution >= 4 is 5.91 Å². The Kier molecular flexibility index (Phi) is 4.46. The third kappa shape index (κ3) is 4.91. The predicted octanol–water partition coefficient (Wildman–Crippen LogP) is 1.51. The van der Waals surface area contributed by atoms with E-state index in [2.05, 4.69) is 5.48 Å². The number of hydrogen-bond donors (Lipinski definition) is 2. The molecule has 0 bridgehead atoms. The molecule has 2 N–H and O–H groups in total. The van der Waals surface area contributed by atoms with E-state index in [-0.39, 0.29) is 12.5 Å². The highest BCUT2D eigenvalue weighted by atomic mass is 16.6. The number of rotatable bonds is 5. The second-order valence-electron chi connectivity index (χ2n) is 4.21. The van der Waals surface area contributed by atoms with Crippen LogP contribution in [0.4, 0.5) is 0 Å². The van der Waals surface area contributed by atoms with E-state index in [0.29, 0.717) is 12.0 Å². The van der Waals surface area contributed by atoms with Crippen molar-refractivity contribution in [2.45, 2.75) is 25.9 Å². The van der Waals surface area contributed by atoms with Crippen molar-refractivity contribution in [3.8, 4) is 0 Å². The Balaban J connectivity index is 2.27. The maximum atomic E-state index is 11.5. The van der Waals surface area contributed by atoms with Crippen LogP contribution >= 0.6 is 0 Å². The van der Waals surface area contributed by atoms with Gasteiger partial charge < -0.3 is 5.11 Å². The van der Waals surface area contributed by atoms with E-state index < -0.39 is 5.60 Å². The van der Waals surface area contributed by atoms with Gasteiger partial charge in [-0.3, -0.25) is 9.63 Å². The SMILES string of the molecule is CC(C)(O)CCONC(=O)c1ccccc1. The molecule has 0 saturated carbocycles. The summed E-state index contributed by atoms with van der Waals surface area (Å²) < 4.78 is 0. The van der Waals surface area contributed by atoms with Gasteiger partial charge in [0.05, 0.1) is 12.2 Å². The molecule has 16 heavy (non-hydrogen) atoms. The van der Waals surface area contributed by atoms with Gasteiger partial charge in [0, 0.05) is 12.0 Å². The Labute approximate surface area is 95.2 Å². The first kappa shape index (κ1) is 12.7. The summed E-state index contributed by atoms with van der Waals surface area (Å²) in [6.45, 7) is 3.66. The average Bonchev–Trinajstić information content (AvgIpc) is 2.24. The molecular weight excluding hydrogens is 206 g/mol. The summed E-state index contributed by atoms with van der Waals surface area (Å²) in [6.07, 6.45) is 0.460. The third-order valence-electron chi connectivity index (χ3n) is 2.02. The molecule has 1 aromatic rings. The summed E-state index contributed by atoms with van der Waals surface area (Å²) in [5.41, 5.74) is 2.09. The minimum absolute atomic E-state index is 0.280. The molecule has 0 saturated heterocycles. The summed E-state index contributed by atoms with van der Waals surface area (Å²) in [5.74, 6) is -0.281. The average molecular weight is 223 g/mol. The molecule has 0 aliphatic carbocycles. The molecule has 0 unspecified atom stereocenters. The first-order valence-corrected chi connectivity index (χ1v) is 5.18. The van der Waals surface area contributed by atoms with Crippen LogP contribution < -0.4 is 5.48 Å². The number of carbonyl (C=O) groups excluding carboxylic acids is 1. The molecule has 0 aliphatic rings. The van der Waals surface area contributed by atoms with Crippen molar-refractivity contribution < 1.29 is 14.7 Å². The zero-order valence-corrected chi connectivity index (χ0v) is 9.56. The van der Waals surface area contributed by atoms with Crippen LogP contribution in [0.25, 0.3) is 0 Å². The minimum atomic E-state index is -0.780. The number of carbonyl (C=O) groups is 1. The van der Waals surface area contributed by atoms with Gasteiger partial charge in [0.15, 0.2) is 0 Å². The molecule has 1 rings (SSSR count). The highest BCUT2D eigenvalue weighted by Crippen LogP contribution is 2.06. The molecule has 0 fully saturated rings. The predicted molar refractivity (Wildman–Crippen MR) is 60.8 cm³/mol. The van der Waals surface area contributed by atoms with Gasteiger partial charge in [0.2, 0.25) is 0 Å². The Hall–Kier alpha value is -1.39. The van der Waals surface area contributed by atoms with E-state index in [4.69, 9.17) is 4.84 Å². The highest BCUT2D eigenvalue weighted by molar-refractivity contribution is 5.93. The fourth-order valence-electron chi connectivity index (χ4n) is 1.07. The normalized spacial score (nSPS) is 11.2.